The van der Waals surface area contributed by atoms with E-state index in [1.165, 1.54) is 0 Å². The number of carbonyl (C=O) groups is 2. The molecule has 2 amide bonds. The summed E-state index contributed by atoms with van der Waals surface area (Å²) in [7, 11) is 0. The zero-order chi connectivity index (χ0) is 15.9. The van der Waals surface area contributed by atoms with Gasteiger partial charge >= 0.3 is 0 Å². The molecule has 0 aromatic heterocycles. The summed E-state index contributed by atoms with van der Waals surface area (Å²) >= 11 is 0. The maximum atomic E-state index is 12.4. The van der Waals surface area contributed by atoms with Gasteiger partial charge < -0.3 is 16.0 Å². The van der Waals surface area contributed by atoms with Crippen LogP contribution in [0.5, 0.6) is 0 Å². The molecule has 0 bridgehead atoms. The number of hydrogen-bond acceptors (Lipinski definition) is 3. The highest BCUT2D eigenvalue weighted by Gasteiger charge is 2.32. The first-order valence-electron chi connectivity index (χ1n) is 8.33. The van der Waals surface area contributed by atoms with Gasteiger partial charge in [0.15, 0.2) is 0 Å². The number of likely N-dealkylation sites (tertiary alicyclic amines) is 1. The molecule has 0 aromatic rings. The maximum Gasteiger partial charge on any atom is 0.242 e. The van der Waals surface area contributed by atoms with Crippen molar-refractivity contribution in [2.45, 2.75) is 77.3 Å². The van der Waals surface area contributed by atoms with Crippen LogP contribution in [0.1, 0.15) is 65.7 Å². The molecule has 0 aromatic carbocycles. The van der Waals surface area contributed by atoms with Crippen LogP contribution in [-0.4, -0.2) is 41.4 Å². The number of hydrogen-bond donors (Lipinski definition) is 2. The molecule has 1 aliphatic rings. The van der Waals surface area contributed by atoms with Crippen LogP contribution < -0.4 is 11.1 Å². The lowest BCUT2D eigenvalue weighted by Gasteiger charge is -2.36. The van der Waals surface area contributed by atoms with E-state index in [0.29, 0.717) is 19.5 Å². The first kappa shape index (κ1) is 21.2. The topological polar surface area (TPSA) is 75.4 Å². The lowest BCUT2D eigenvalue weighted by atomic mass is 9.93. The molecule has 0 aliphatic carbocycles. The standard InChI is InChI=1S/C16H31N3O2.ClH/c1-4-9-14(20)19-11-8-7-10-13(19)15(21)18-12-16(17,5-2)6-3;/h13H,4-12,17H2,1-3H3,(H,18,21);1H. The van der Waals surface area contributed by atoms with Gasteiger partial charge in [0.25, 0.3) is 0 Å². The normalized spacial score (nSPS) is 18.5. The number of nitrogens with two attached hydrogens (primary N) is 1. The summed E-state index contributed by atoms with van der Waals surface area (Å²) in [4.78, 5) is 26.3. The van der Waals surface area contributed by atoms with Gasteiger partial charge in [0, 0.05) is 25.0 Å². The number of nitrogens with one attached hydrogen (secondary N) is 1. The maximum absolute atomic E-state index is 12.4. The molecule has 0 spiro atoms. The Morgan fingerprint density at radius 1 is 1.23 bits per heavy atom. The molecule has 1 rings (SSSR count). The summed E-state index contributed by atoms with van der Waals surface area (Å²) < 4.78 is 0. The van der Waals surface area contributed by atoms with Crippen molar-refractivity contribution >= 4 is 24.2 Å². The van der Waals surface area contributed by atoms with Crippen LogP contribution >= 0.6 is 12.4 Å². The molecular formula is C16H32ClN3O2. The number of carbonyl (C=O) groups excluding carboxylic acids is 2. The molecule has 1 fully saturated rings. The van der Waals surface area contributed by atoms with Gasteiger partial charge in [-0.25, -0.2) is 0 Å². The first-order valence-corrected chi connectivity index (χ1v) is 8.33. The van der Waals surface area contributed by atoms with Gasteiger partial charge in [0.2, 0.25) is 11.8 Å². The van der Waals surface area contributed by atoms with E-state index in [0.717, 1.165) is 38.5 Å². The average Bonchev–Trinajstić information content (AvgIpc) is 2.52. The fourth-order valence-corrected chi connectivity index (χ4v) is 2.74. The van der Waals surface area contributed by atoms with Crippen LogP contribution in [-0.2, 0) is 9.59 Å². The first-order chi connectivity index (χ1) is 9.97. The predicted molar refractivity (Wildman–Crippen MR) is 92.0 cm³/mol. The summed E-state index contributed by atoms with van der Waals surface area (Å²) in [5.74, 6) is 0.0539. The average molecular weight is 334 g/mol. The van der Waals surface area contributed by atoms with Crippen molar-refractivity contribution in [1.82, 2.24) is 10.2 Å². The van der Waals surface area contributed by atoms with E-state index in [4.69, 9.17) is 5.73 Å². The predicted octanol–water partition coefficient (Wildman–Crippen LogP) is 2.22. The highest BCUT2D eigenvalue weighted by Crippen LogP contribution is 2.19. The SMILES string of the molecule is CCCC(=O)N1CCCCC1C(=O)NCC(N)(CC)CC.Cl. The van der Waals surface area contributed by atoms with Crippen molar-refractivity contribution in [3.8, 4) is 0 Å². The fourth-order valence-electron chi connectivity index (χ4n) is 2.74. The third kappa shape index (κ3) is 5.76. The van der Waals surface area contributed by atoms with Gasteiger partial charge in [-0.2, -0.15) is 0 Å². The monoisotopic (exact) mass is 333 g/mol. The summed E-state index contributed by atoms with van der Waals surface area (Å²) in [6.07, 6.45) is 5.75. The minimum atomic E-state index is -0.345. The Morgan fingerprint density at radius 2 is 1.86 bits per heavy atom. The lowest BCUT2D eigenvalue weighted by Crippen LogP contribution is -2.56. The number of amides is 2. The van der Waals surface area contributed by atoms with Gasteiger partial charge in [0.05, 0.1) is 0 Å². The Labute approximate surface area is 140 Å². The molecule has 22 heavy (non-hydrogen) atoms. The van der Waals surface area contributed by atoms with Crippen LogP contribution in [0.4, 0.5) is 0 Å². The quantitative estimate of drug-likeness (QED) is 0.750. The van der Waals surface area contributed by atoms with Gasteiger partial charge in [-0.3, -0.25) is 9.59 Å². The third-order valence-electron chi connectivity index (χ3n) is 4.61. The minimum absolute atomic E-state index is 0. The Morgan fingerprint density at radius 3 is 2.41 bits per heavy atom. The molecule has 3 N–H and O–H groups in total. The van der Waals surface area contributed by atoms with E-state index >= 15 is 0 Å². The molecular weight excluding hydrogens is 302 g/mol. The zero-order valence-electron chi connectivity index (χ0n) is 14.2. The largest absolute Gasteiger partial charge is 0.352 e. The molecule has 5 nitrogen and oxygen atoms in total. The summed E-state index contributed by atoms with van der Waals surface area (Å²) in [6, 6.07) is -0.309. The Bertz CT molecular complexity index is 359. The van der Waals surface area contributed by atoms with Crippen molar-refractivity contribution in [1.29, 1.82) is 0 Å². The molecule has 1 heterocycles. The summed E-state index contributed by atoms with van der Waals surface area (Å²) in [5, 5.41) is 2.96. The third-order valence-corrected chi connectivity index (χ3v) is 4.61. The van der Waals surface area contributed by atoms with E-state index < -0.39 is 0 Å². The second-order valence-electron chi connectivity index (χ2n) is 6.14. The summed E-state index contributed by atoms with van der Waals surface area (Å²) in [5.41, 5.74) is 5.88. The molecule has 1 saturated heterocycles. The minimum Gasteiger partial charge on any atom is -0.352 e. The second-order valence-corrected chi connectivity index (χ2v) is 6.14. The van der Waals surface area contributed by atoms with Crippen LogP contribution in [0.15, 0.2) is 0 Å². The zero-order valence-corrected chi connectivity index (χ0v) is 15.0. The number of nitrogens with zero attached hydrogens (tertiary/aromatic N) is 1. The van der Waals surface area contributed by atoms with Gasteiger partial charge in [0.1, 0.15) is 6.04 Å². The molecule has 130 valence electrons. The van der Waals surface area contributed by atoms with Crippen molar-refractivity contribution in [2.75, 3.05) is 13.1 Å². The molecule has 1 unspecified atom stereocenters. The van der Waals surface area contributed by atoms with Gasteiger partial charge in [-0.1, -0.05) is 20.8 Å². The lowest BCUT2D eigenvalue weighted by molar-refractivity contribution is -0.142. The van der Waals surface area contributed by atoms with Crippen molar-refractivity contribution in [2.24, 2.45) is 5.73 Å². The smallest absolute Gasteiger partial charge is 0.242 e. The van der Waals surface area contributed by atoms with E-state index in [9.17, 15) is 9.59 Å². The molecule has 0 radical (unpaired) electrons. The Balaban J connectivity index is 0.00000441. The summed E-state index contributed by atoms with van der Waals surface area (Å²) in [6.45, 7) is 7.24. The van der Waals surface area contributed by atoms with Crippen LogP contribution in [0.25, 0.3) is 0 Å². The number of halogens is 1. The van der Waals surface area contributed by atoms with Gasteiger partial charge in [-0.15, -0.1) is 12.4 Å². The Kier molecular flexibility index (Phi) is 9.69. The fraction of sp³-hybridized carbons (Fsp3) is 0.875. The van der Waals surface area contributed by atoms with Crippen LogP contribution in [0, 0.1) is 0 Å². The van der Waals surface area contributed by atoms with E-state index in [-0.39, 0.29) is 35.8 Å². The molecule has 1 aliphatic heterocycles. The number of rotatable bonds is 7. The second kappa shape index (κ2) is 10.1. The van der Waals surface area contributed by atoms with Crippen molar-refractivity contribution < 1.29 is 9.59 Å². The van der Waals surface area contributed by atoms with E-state index in [1.54, 1.807) is 4.90 Å². The molecule has 1 atom stereocenters. The van der Waals surface area contributed by atoms with Crippen LogP contribution in [0.2, 0.25) is 0 Å². The molecule has 6 heteroatoms. The highest BCUT2D eigenvalue weighted by atomic mass is 35.5. The Hall–Kier alpha value is -0.810. The van der Waals surface area contributed by atoms with E-state index in [1.807, 2.05) is 20.8 Å². The highest BCUT2D eigenvalue weighted by molar-refractivity contribution is 5.87. The van der Waals surface area contributed by atoms with E-state index in [2.05, 4.69) is 5.32 Å². The van der Waals surface area contributed by atoms with Crippen LogP contribution in [0.3, 0.4) is 0 Å². The number of piperidine rings is 1. The van der Waals surface area contributed by atoms with Crippen molar-refractivity contribution in [3.05, 3.63) is 0 Å². The van der Waals surface area contributed by atoms with Gasteiger partial charge in [-0.05, 0) is 38.5 Å². The molecule has 0 saturated carbocycles. The van der Waals surface area contributed by atoms with Crippen molar-refractivity contribution in [3.63, 3.8) is 0 Å².